The van der Waals surface area contributed by atoms with E-state index in [1.807, 2.05) is 19.1 Å². The molecule has 1 aliphatic rings. The molecule has 1 aromatic carbocycles. The van der Waals surface area contributed by atoms with Crippen molar-refractivity contribution < 1.29 is 9.21 Å². The number of carbonyl (C=O) groups is 1. The third-order valence-corrected chi connectivity index (χ3v) is 5.01. The van der Waals surface area contributed by atoms with Crippen LogP contribution in [0, 0.1) is 6.92 Å². The third kappa shape index (κ3) is 3.21. The summed E-state index contributed by atoms with van der Waals surface area (Å²) in [6.45, 7) is 4.34. The molecule has 0 atom stereocenters. The molecule has 0 radical (unpaired) electrons. The van der Waals surface area contributed by atoms with E-state index in [9.17, 15) is 4.79 Å². The van der Waals surface area contributed by atoms with E-state index in [1.54, 1.807) is 0 Å². The van der Waals surface area contributed by atoms with Gasteiger partial charge >= 0.3 is 0 Å². The van der Waals surface area contributed by atoms with Gasteiger partial charge in [0.15, 0.2) is 0 Å². The number of nitrogens with zero attached hydrogens (tertiary/aromatic N) is 2. The van der Waals surface area contributed by atoms with Crippen LogP contribution in [0.5, 0.6) is 0 Å². The van der Waals surface area contributed by atoms with Crippen molar-refractivity contribution in [3.05, 3.63) is 47.2 Å². The Morgan fingerprint density at radius 3 is 2.54 bits per heavy atom. The zero-order valence-electron chi connectivity index (χ0n) is 14.5. The van der Waals surface area contributed by atoms with Crippen LogP contribution in [0.2, 0.25) is 0 Å². The van der Waals surface area contributed by atoms with Crippen LogP contribution in [0.15, 0.2) is 28.7 Å². The molecule has 0 unspecified atom stereocenters. The van der Waals surface area contributed by atoms with Crippen molar-refractivity contribution in [1.82, 2.24) is 15.5 Å². The molecule has 5 heteroatoms. The predicted molar refractivity (Wildman–Crippen MR) is 91.5 cm³/mol. The van der Waals surface area contributed by atoms with Gasteiger partial charge in [0.05, 0.1) is 12.0 Å². The maximum Gasteiger partial charge on any atom is 0.235 e. The molecule has 1 amide bonds. The summed E-state index contributed by atoms with van der Waals surface area (Å²) in [7, 11) is 0. The van der Waals surface area contributed by atoms with Crippen molar-refractivity contribution >= 4 is 5.91 Å². The topological polar surface area (TPSA) is 68.0 Å². The van der Waals surface area contributed by atoms with E-state index >= 15 is 0 Å². The second kappa shape index (κ2) is 7.16. The van der Waals surface area contributed by atoms with Gasteiger partial charge in [0.1, 0.15) is 0 Å². The highest BCUT2D eigenvalue weighted by molar-refractivity contribution is 5.88. The fraction of sp³-hybridized carbons (Fsp3) is 0.526. The number of hydrogen-bond donors (Lipinski definition) is 1. The van der Waals surface area contributed by atoms with E-state index in [4.69, 9.17) is 4.42 Å². The lowest BCUT2D eigenvalue weighted by atomic mass is 9.67. The Hall–Kier alpha value is -2.17. The minimum atomic E-state index is -0.433. The van der Waals surface area contributed by atoms with Crippen LogP contribution in [0.3, 0.4) is 0 Å². The summed E-state index contributed by atoms with van der Waals surface area (Å²) in [5, 5.41) is 11.0. The normalized spacial score (nSPS) is 16.8. The van der Waals surface area contributed by atoms with Crippen LogP contribution in [0.1, 0.15) is 61.9 Å². The van der Waals surface area contributed by atoms with Gasteiger partial charge in [-0.1, -0.05) is 50.5 Å². The first kappa shape index (κ1) is 16.7. The zero-order chi connectivity index (χ0) is 17.0. The van der Waals surface area contributed by atoms with E-state index in [1.165, 1.54) is 12.0 Å². The largest absolute Gasteiger partial charge is 0.423 e. The number of aryl methyl sites for hydroxylation is 2. The van der Waals surface area contributed by atoms with Crippen LogP contribution in [-0.2, 0) is 23.2 Å². The van der Waals surface area contributed by atoms with E-state index < -0.39 is 5.41 Å². The highest BCUT2D eigenvalue weighted by atomic mass is 16.4. The van der Waals surface area contributed by atoms with Crippen molar-refractivity contribution in [2.75, 3.05) is 0 Å². The molecule has 0 bridgehead atoms. The van der Waals surface area contributed by atoms with Crippen LogP contribution in [-0.4, -0.2) is 16.1 Å². The van der Waals surface area contributed by atoms with Crippen LogP contribution >= 0.6 is 0 Å². The smallest absolute Gasteiger partial charge is 0.235 e. The Morgan fingerprint density at radius 1 is 1.17 bits per heavy atom. The molecule has 24 heavy (non-hydrogen) atoms. The summed E-state index contributed by atoms with van der Waals surface area (Å²) in [6.07, 6.45) is 5.87. The van der Waals surface area contributed by atoms with Gasteiger partial charge in [-0.25, -0.2) is 0 Å². The number of benzene rings is 1. The lowest BCUT2D eigenvalue weighted by Gasteiger charge is -2.37. The Morgan fingerprint density at radius 2 is 1.88 bits per heavy atom. The second-order valence-corrected chi connectivity index (χ2v) is 6.58. The molecule has 0 saturated heterocycles. The lowest BCUT2D eigenvalue weighted by Crippen LogP contribution is -2.46. The van der Waals surface area contributed by atoms with E-state index in [0.29, 0.717) is 24.7 Å². The van der Waals surface area contributed by atoms with Gasteiger partial charge in [0, 0.05) is 6.42 Å². The van der Waals surface area contributed by atoms with Gasteiger partial charge in [-0.3, -0.25) is 4.79 Å². The van der Waals surface area contributed by atoms with Gasteiger partial charge in [-0.05, 0) is 30.9 Å². The average molecular weight is 327 g/mol. The van der Waals surface area contributed by atoms with Crippen molar-refractivity contribution in [2.24, 2.45) is 0 Å². The van der Waals surface area contributed by atoms with Gasteiger partial charge in [-0.15, -0.1) is 10.2 Å². The number of aromatic nitrogens is 2. The molecule has 3 rings (SSSR count). The Balaban J connectivity index is 1.80. The van der Waals surface area contributed by atoms with E-state index in [0.717, 1.165) is 31.2 Å². The maximum atomic E-state index is 13.1. The average Bonchev–Trinajstić information content (AvgIpc) is 3.08. The van der Waals surface area contributed by atoms with Gasteiger partial charge in [-0.2, -0.15) is 0 Å². The standard InChI is InChI=1S/C19H25N3O2/c1-3-16-21-22-17(24-16)13-20-18(23)19(11-7-4-8-12-19)15-10-6-5-9-14(15)2/h5-6,9-10H,3-4,7-8,11-13H2,1-2H3,(H,20,23). The Kier molecular flexibility index (Phi) is 4.97. The van der Waals surface area contributed by atoms with Crippen LogP contribution < -0.4 is 5.32 Å². The molecule has 1 saturated carbocycles. The molecular formula is C19H25N3O2. The van der Waals surface area contributed by atoms with Crippen molar-refractivity contribution in [3.8, 4) is 0 Å². The minimum Gasteiger partial charge on any atom is -0.423 e. The Labute approximate surface area is 142 Å². The molecule has 2 aromatic rings. The monoisotopic (exact) mass is 327 g/mol. The number of rotatable bonds is 5. The van der Waals surface area contributed by atoms with Crippen molar-refractivity contribution in [3.63, 3.8) is 0 Å². The highest BCUT2D eigenvalue weighted by Gasteiger charge is 2.41. The summed E-state index contributed by atoms with van der Waals surface area (Å²) in [6, 6.07) is 8.24. The van der Waals surface area contributed by atoms with Gasteiger partial charge in [0.2, 0.25) is 17.7 Å². The van der Waals surface area contributed by atoms with Crippen molar-refractivity contribution in [2.45, 2.75) is 64.3 Å². The zero-order valence-corrected chi connectivity index (χ0v) is 14.5. The molecule has 0 spiro atoms. The number of carbonyl (C=O) groups excluding carboxylic acids is 1. The molecule has 0 aliphatic heterocycles. The Bertz CT molecular complexity index is 702. The molecule has 1 aliphatic carbocycles. The first-order valence-electron chi connectivity index (χ1n) is 8.81. The second-order valence-electron chi connectivity index (χ2n) is 6.58. The molecular weight excluding hydrogens is 302 g/mol. The fourth-order valence-electron chi connectivity index (χ4n) is 3.71. The van der Waals surface area contributed by atoms with Crippen molar-refractivity contribution in [1.29, 1.82) is 0 Å². The van der Waals surface area contributed by atoms with Crippen LogP contribution in [0.25, 0.3) is 0 Å². The molecule has 1 aromatic heterocycles. The highest BCUT2D eigenvalue weighted by Crippen LogP contribution is 2.41. The lowest BCUT2D eigenvalue weighted by molar-refractivity contribution is -0.128. The maximum absolute atomic E-state index is 13.1. The summed E-state index contributed by atoms with van der Waals surface area (Å²) < 4.78 is 5.50. The van der Waals surface area contributed by atoms with E-state index in [-0.39, 0.29) is 5.91 Å². The molecule has 1 N–H and O–H groups in total. The first-order chi connectivity index (χ1) is 11.7. The molecule has 1 heterocycles. The predicted octanol–water partition coefficient (Wildman–Crippen LogP) is 3.46. The summed E-state index contributed by atoms with van der Waals surface area (Å²) in [5.74, 6) is 1.15. The minimum absolute atomic E-state index is 0.0766. The number of amides is 1. The van der Waals surface area contributed by atoms with Gasteiger partial charge in [0.25, 0.3) is 0 Å². The summed E-state index contributed by atoms with van der Waals surface area (Å²) in [4.78, 5) is 13.1. The van der Waals surface area contributed by atoms with Gasteiger partial charge < -0.3 is 9.73 Å². The number of hydrogen-bond acceptors (Lipinski definition) is 4. The number of nitrogens with one attached hydrogen (secondary N) is 1. The fourth-order valence-corrected chi connectivity index (χ4v) is 3.71. The third-order valence-electron chi connectivity index (χ3n) is 5.01. The molecule has 128 valence electrons. The molecule has 5 nitrogen and oxygen atoms in total. The molecule has 1 fully saturated rings. The van der Waals surface area contributed by atoms with Crippen LogP contribution in [0.4, 0.5) is 0 Å². The summed E-state index contributed by atoms with van der Waals surface area (Å²) in [5.41, 5.74) is 1.90. The SMILES string of the molecule is CCc1nnc(CNC(=O)C2(c3ccccc3C)CCCCC2)o1. The first-order valence-corrected chi connectivity index (χ1v) is 8.81. The summed E-state index contributed by atoms with van der Waals surface area (Å²) >= 11 is 0. The quantitative estimate of drug-likeness (QED) is 0.913. The van der Waals surface area contributed by atoms with E-state index in [2.05, 4.69) is 34.6 Å².